The number of nitrogens with zero attached hydrogens (tertiary/aromatic N) is 4. The molecule has 0 fully saturated rings. The number of hydrogen-bond donors (Lipinski definition) is 2. The van der Waals surface area contributed by atoms with Crippen LogP contribution in [0.5, 0.6) is 0 Å². The Balaban J connectivity index is 0.00000145. The number of terminal acetylenes is 1. The summed E-state index contributed by atoms with van der Waals surface area (Å²) in [4.78, 5) is 16.6. The molecule has 7 heteroatoms. The van der Waals surface area contributed by atoms with Gasteiger partial charge in [-0.1, -0.05) is 37.1 Å². The predicted molar refractivity (Wildman–Crippen MR) is 114 cm³/mol. The predicted octanol–water partition coefficient (Wildman–Crippen LogP) is 2.86. The average Bonchev–Trinajstić information content (AvgIpc) is 3.17. The van der Waals surface area contributed by atoms with Crippen molar-refractivity contribution in [3.8, 4) is 12.3 Å². The van der Waals surface area contributed by atoms with Crippen LogP contribution in [-0.4, -0.2) is 25.9 Å². The van der Waals surface area contributed by atoms with E-state index in [1.54, 1.807) is 16.9 Å². The molecule has 0 spiro atoms. The van der Waals surface area contributed by atoms with Gasteiger partial charge in [-0.2, -0.15) is 0 Å². The molecule has 0 aliphatic heterocycles. The van der Waals surface area contributed by atoms with Gasteiger partial charge in [-0.05, 0) is 48.7 Å². The van der Waals surface area contributed by atoms with Crippen LogP contribution >= 0.6 is 0 Å². The third-order valence-corrected chi connectivity index (χ3v) is 4.21. The molecule has 0 aliphatic carbocycles. The minimum Gasteiger partial charge on any atom is -0.384 e. The van der Waals surface area contributed by atoms with Crippen LogP contribution in [0.1, 0.15) is 52.3 Å². The molecule has 2 aromatic heterocycles. The second-order valence-corrected chi connectivity index (χ2v) is 6.26. The number of pyridine rings is 1. The molecule has 7 nitrogen and oxygen atoms in total. The van der Waals surface area contributed by atoms with E-state index < -0.39 is 0 Å². The lowest BCUT2D eigenvalue weighted by Gasteiger charge is -2.10. The Morgan fingerprint density at radius 2 is 2.03 bits per heavy atom. The van der Waals surface area contributed by atoms with Crippen molar-refractivity contribution in [3.63, 3.8) is 0 Å². The van der Waals surface area contributed by atoms with Crippen LogP contribution < -0.4 is 11.1 Å². The monoisotopic (exact) mass is 390 g/mol. The van der Waals surface area contributed by atoms with Gasteiger partial charge < -0.3 is 11.1 Å². The number of hydrogen-bond acceptors (Lipinski definition) is 5. The largest absolute Gasteiger partial charge is 0.384 e. The Labute approximate surface area is 171 Å². The molecular formula is C22H26N6O. The molecule has 1 amide bonds. The minimum atomic E-state index is -0.297. The SMILES string of the molecule is C#Cc1cccc(Cn2cc(C(=O)NCc3c(C)cc(N)nc3C)nn2)c1.CC. The van der Waals surface area contributed by atoms with E-state index in [4.69, 9.17) is 12.2 Å². The lowest BCUT2D eigenvalue weighted by Crippen LogP contribution is -2.24. The summed E-state index contributed by atoms with van der Waals surface area (Å²) in [6.07, 6.45) is 7.03. The highest BCUT2D eigenvalue weighted by atomic mass is 16.2. The van der Waals surface area contributed by atoms with Crippen molar-refractivity contribution in [2.45, 2.75) is 40.8 Å². The Morgan fingerprint density at radius 3 is 2.72 bits per heavy atom. The number of nitrogen functional groups attached to an aromatic ring is 1. The highest BCUT2D eigenvalue weighted by Gasteiger charge is 2.13. The summed E-state index contributed by atoms with van der Waals surface area (Å²) in [5.74, 6) is 2.77. The molecular weight excluding hydrogens is 364 g/mol. The molecule has 0 saturated heterocycles. The third kappa shape index (κ3) is 5.66. The van der Waals surface area contributed by atoms with Crippen LogP contribution in [0.3, 0.4) is 0 Å². The quantitative estimate of drug-likeness (QED) is 0.653. The maximum Gasteiger partial charge on any atom is 0.273 e. The molecule has 150 valence electrons. The van der Waals surface area contributed by atoms with Crippen molar-refractivity contribution >= 4 is 11.7 Å². The molecule has 3 N–H and O–H groups in total. The zero-order valence-corrected chi connectivity index (χ0v) is 17.2. The van der Waals surface area contributed by atoms with Crippen molar-refractivity contribution < 1.29 is 4.79 Å². The standard InChI is InChI=1S/C20H20N6O.C2H6/c1-4-15-6-5-7-16(9-15)11-26-12-18(24-25-26)20(27)22-10-17-13(2)8-19(21)23-14(17)3;1-2/h1,5-9,12H,10-11H2,2-3H3,(H2,21,23)(H,22,27);1-2H3. The fourth-order valence-corrected chi connectivity index (χ4v) is 2.84. The third-order valence-electron chi connectivity index (χ3n) is 4.21. The summed E-state index contributed by atoms with van der Waals surface area (Å²) in [6, 6.07) is 9.39. The van der Waals surface area contributed by atoms with Crippen LogP contribution in [0, 0.1) is 26.2 Å². The minimum absolute atomic E-state index is 0.252. The van der Waals surface area contributed by atoms with E-state index in [9.17, 15) is 4.79 Å². The van der Waals surface area contributed by atoms with Gasteiger partial charge >= 0.3 is 0 Å². The highest BCUT2D eigenvalue weighted by Crippen LogP contribution is 2.14. The molecule has 2 heterocycles. The van der Waals surface area contributed by atoms with Gasteiger partial charge in [0.25, 0.3) is 5.91 Å². The number of carbonyl (C=O) groups is 1. The van der Waals surface area contributed by atoms with Gasteiger partial charge in [-0.15, -0.1) is 11.5 Å². The Hall–Kier alpha value is -3.66. The molecule has 0 saturated carbocycles. The number of carbonyl (C=O) groups excluding carboxylic acids is 1. The summed E-state index contributed by atoms with van der Waals surface area (Å²) in [7, 11) is 0. The second kappa shape index (κ2) is 10.0. The van der Waals surface area contributed by atoms with E-state index in [1.807, 2.05) is 52.0 Å². The average molecular weight is 390 g/mol. The molecule has 0 atom stereocenters. The fraction of sp³-hybridized carbons (Fsp3) is 0.273. The number of rotatable bonds is 5. The first-order valence-electron chi connectivity index (χ1n) is 9.42. The number of nitrogens with two attached hydrogens (primary N) is 1. The molecule has 3 rings (SSSR count). The van der Waals surface area contributed by atoms with Gasteiger partial charge in [-0.25, -0.2) is 9.67 Å². The van der Waals surface area contributed by atoms with Crippen LogP contribution in [-0.2, 0) is 13.1 Å². The van der Waals surface area contributed by atoms with E-state index in [1.165, 1.54) is 0 Å². The lowest BCUT2D eigenvalue weighted by molar-refractivity contribution is 0.0945. The molecule has 0 unspecified atom stereocenters. The van der Waals surface area contributed by atoms with E-state index in [0.29, 0.717) is 18.9 Å². The van der Waals surface area contributed by atoms with Crippen molar-refractivity contribution in [2.75, 3.05) is 5.73 Å². The number of benzene rings is 1. The van der Waals surface area contributed by atoms with Crippen molar-refractivity contribution in [1.29, 1.82) is 0 Å². The number of nitrogens with one attached hydrogen (secondary N) is 1. The maximum atomic E-state index is 12.4. The van der Waals surface area contributed by atoms with Gasteiger partial charge in [0.2, 0.25) is 0 Å². The van der Waals surface area contributed by atoms with Gasteiger partial charge in [-0.3, -0.25) is 4.79 Å². The maximum absolute atomic E-state index is 12.4. The van der Waals surface area contributed by atoms with Crippen molar-refractivity contribution in [1.82, 2.24) is 25.3 Å². The summed E-state index contributed by atoms with van der Waals surface area (Å²) >= 11 is 0. The molecule has 0 bridgehead atoms. The van der Waals surface area contributed by atoms with Gasteiger partial charge in [0.1, 0.15) is 5.82 Å². The number of amides is 1. The summed E-state index contributed by atoms with van der Waals surface area (Å²) in [5, 5.41) is 10.8. The molecule has 3 aromatic rings. The molecule has 0 aliphatic rings. The Kier molecular flexibility index (Phi) is 7.49. The van der Waals surface area contributed by atoms with E-state index in [-0.39, 0.29) is 11.6 Å². The zero-order chi connectivity index (χ0) is 21.4. The van der Waals surface area contributed by atoms with Crippen LogP contribution in [0.15, 0.2) is 36.5 Å². The van der Waals surface area contributed by atoms with E-state index in [0.717, 1.165) is 27.9 Å². The van der Waals surface area contributed by atoms with Gasteiger partial charge in [0.05, 0.1) is 12.7 Å². The number of aryl methyl sites for hydroxylation is 2. The topological polar surface area (TPSA) is 98.7 Å². The van der Waals surface area contributed by atoms with Gasteiger partial charge in [0.15, 0.2) is 5.69 Å². The van der Waals surface area contributed by atoms with Crippen LogP contribution in [0.4, 0.5) is 5.82 Å². The smallest absolute Gasteiger partial charge is 0.273 e. The summed E-state index contributed by atoms with van der Waals surface area (Å²) < 4.78 is 1.60. The first kappa shape index (κ1) is 21.6. The molecule has 29 heavy (non-hydrogen) atoms. The van der Waals surface area contributed by atoms with Gasteiger partial charge in [0, 0.05) is 17.8 Å². The first-order valence-corrected chi connectivity index (χ1v) is 9.42. The normalized spacial score (nSPS) is 9.90. The number of anilines is 1. The van der Waals surface area contributed by atoms with Crippen molar-refractivity contribution in [3.05, 3.63) is 70.2 Å². The second-order valence-electron chi connectivity index (χ2n) is 6.26. The van der Waals surface area contributed by atoms with E-state index >= 15 is 0 Å². The van der Waals surface area contributed by atoms with Crippen LogP contribution in [0.25, 0.3) is 0 Å². The summed E-state index contributed by atoms with van der Waals surface area (Å²) in [5.41, 5.74) is 10.5. The Morgan fingerprint density at radius 1 is 1.28 bits per heavy atom. The summed E-state index contributed by atoms with van der Waals surface area (Å²) in [6.45, 7) is 8.63. The molecule has 1 aromatic carbocycles. The lowest BCUT2D eigenvalue weighted by atomic mass is 10.1. The highest BCUT2D eigenvalue weighted by molar-refractivity contribution is 5.91. The Bertz CT molecular complexity index is 1010. The molecule has 0 radical (unpaired) electrons. The first-order chi connectivity index (χ1) is 14.0. The van der Waals surface area contributed by atoms with Crippen LogP contribution in [0.2, 0.25) is 0 Å². The van der Waals surface area contributed by atoms with E-state index in [2.05, 4.69) is 26.5 Å². The zero-order valence-electron chi connectivity index (χ0n) is 17.2. The van der Waals surface area contributed by atoms with Crippen molar-refractivity contribution in [2.24, 2.45) is 0 Å². The fourth-order valence-electron chi connectivity index (χ4n) is 2.84. The number of aromatic nitrogens is 4.